The Morgan fingerprint density at radius 2 is 2.00 bits per heavy atom. The zero-order valence-corrected chi connectivity index (χ0v) is 18.0. The van der Waals surface area contributed by atoms with Gasteiger partial charge >= 0.3 is 5.97 Å². The SMILES string of the molecule is COC(=O)c1c(NC(=S)Nc2cnn(Cc3ccc(Cl)cc3)c2)sc(C)c1C. The number of nitrogens with zero attached hydrogens (tertiary/aromatic N) is 2. The number of anilines is 2. The summed E-state index contributed by atoms with van der Waals surface area (Å²) in [6.45, 7) is 4.46. The fourth-order valence-electron chi connectivity index (χ4n) is 2.62. The number of carbonyl (C=O) groups excluding carboxylic acids is 1. The van der Waals surface area contributed by atoms with Crippen LogP contribution in [0.5, 0.6) is 0 Å². The van der Waals surface area contributed by atoms with Crippen molar-refractivity contribution in [2.24, 2.45) is 0 Å². The van der Waals surface area contributed by atoms with Crippen molar-refractivity contribution in [3.05, 3.63) is 63.2 Å². The van der Waals surface area contributed by atoms with E-state index in [2.05, 4.69) is 15.7 Å². The molecule has 6 nitrogen and oxygen atoms in total. The summed E-state index contributed by atoms with van der Waals surface area (Å²) in [7, 11) is 1.37. The van der Waals surface area contributed by atoms with Gasteiger partial charge in [-0.15, -0.1) is 11.3 Å². The molecule has 28 heavy (non-hydrogen) atoms. The monoisotopic (exact) mass is 434 g/mol. The molecule has 0 aliphatic heterocycles. The van der Waals surface area contributed by atoms with E-state index < -0.39 is 0 Å². The number of nitrogens with one attached hydrogen (secondary N) is 2. The molecule has 0 bridgehead atoms. The van der Waals surface area contributed by atoms with E-state index >= 15 is 0 Å². The average Bonchev–Trinajstić information content (AvgIpc) is 3.20. The van der Waals surface area contributed by atoms with Gasteiger partial charge in [-0.25, -0.2) is 4.79 Å². The summed E-state index contributed by atoms with van der Waals surface area (Å²) in [5, 5.41) is 12.2. The van der Waals surface area contributed by atoms with Gasteiger partial charge in [-0.05, 0) is 49.3 Å². The summed E-state index contributed by atoms with van der Waals surface area (Å²) < 4.78 is 6.68. The quantitative estimate of drug-likeness (QED) is 0.441. The highest BCUT2D eigenvalue weighted by Crippen LogP contribution is 2.33. The highest BCUT2D eigenvalue weighted by molar-refractivity contribution is 7.80. The van der Waals surface area contributed by atoms with Crippen LogP contribution in [-0.4, -0.2) is 28.0 Å². The van der Waals surface area contributed by atoms with Crippen LogP contribution in [0.1, 0.15) is 26.4 Å². The molecule has 0 radical (unpaired) electrons. The molecule has 0 atom stereocenters. The molecule has 1 aromatic carbocycles. The highest BCUT2D eigenvalue weighted by atomic mass is 35.5. The molecule has 0 saturated carbocycles. The summed E-state index contributed by atoms with van der Waals surface area (Å²) in [6, 6.07) is 7.61. The van der Waals surface area contributed by atoms with E-state index in [0.717, 1.165) is 21.7 Å². The second-order valence-corrected chi connectivity index (χ2v) is 8.18. The third kappa shape index (κ3) is 4.70. The predicted octanol–water partition coefficient (Wildman–Crippen LogP) is 4.86. The molecule has 3 rings (SSSR count). The first-order valence-electron chi connectivity index (χ1n) is 8.40. The fourth-order valence-corrected chi connectivity index (χ4v) is 4.08. The molecule has 0 unspecified atom stereocenters. The summed E-state index contributed by atoms with van der Waals surface area (Å²) in [5.74, 6) is -0.386. The van der Waals surface area contributed by atoms with Crippen LogP contribution in [0.3, 0.4) is 0 Å². The van der Waals surface area contributed by atoms with Crippen LogP contribution in [-0.2, 0) is 11.3 Å². The molecule has 0 amide bonds. The maximum atomic E-state index is 12.1. The summed E-state index contributed by atoms with van der Waals surface area (Å²) >= 11 is 12.8. The van der Waals surface area contributed by atoms with E-state index in [0.29, 0.717) is 27.2 Å². The van der Waals surface area contributed by atoms with Gasteiger partial charge in [0.15, 0.2) is 5.11 Å². The van der Waals surface area contributed by atoms with Crippen LogP contribution < -0.4 is 10.6 Å². The standard InChI is InChI=1S/C19H19ClN4O2S2/c1-11-12(2)28-17(16(11)18(25)26-3)23-19(27)22-15-8-21-24(10-15)9-13-4-6-14(20)7-5-13/h4-8,10H,9H2,1-3H3,(H2,22,23,27). The average molecular weight is 435 g/mol. The van der Waals surface area contributed by atoms with Crippen molar-refractivity contribution in [2.75, 3.05) is 17.7 Å². The minimum atomic E-state index is -0.386. The Hall–Kier alpha value is -2.42. The first-order valence-corrected chi connectivity index (χ1v) is 10.0. The maximum Gasteiger partial charge on any atom is 0.341 e. The van der Waals surface area contributed by atoms with Gasteiger partial charge in [0.1, 0.15) is 5.00 Å². The number of carbonyl (C=O) groups is 1. The van der Waals surface area contributed by atoms with Crippen molar-refractivity contribution in [1.29, 1.82) is 0 Å². The highest BCUT2D eigenvalue weighted by Gasteiger charge is 2.20. The fraction of sp³-hybridized carbons (Fsp3) is 0.211. The third-order valence-electron chi connectivity index (χ3n) is 4.15. The first kappa shape index (κ1) is 20.3. The Labute approximate surface area is 177 Å². The molecule has 0 fully saturated rings. The number of hydrogen-bond acceptors (Lipinski definition) is 5. The molecule has 3 aromatic rings. The van der Waals surface area contributed by atoms with E-state index in [-0.39, 0.29) is 5.97 Å². The van der Waals surface area contributed by atoms with E-state index in [4.69, 9.17) is 28.6 Å². The molecule has 9 heteroatoms. The number of esters is 1. The van der Waals surface area contributed by atoms with Gasteiger partial charge in [0.2, 0.25) is 0 Å². The maximum absolute atomic E-state index is 12.1. The number of aryl methyl sites for hydroxylation is 1. The number of hydrogen-bond donors (Lipinski definition) is 2. The van der Waals surface area contributed by atoms with Gasteiger partial charge in [0, 0.05) is 16.1 Å². The van der Waals surface area contributed by atoms with E-state index in [1.165, 1.54) is 18.4 Å². The van der Waals surface area contributed by atoms with Crippen LogP contribution in [0.4, 0.5) is 10.7 Å². The van der Waals surface area contributed by atoms with Crippen LogP contribution >= 0.6 is 35.2 Å². The molecule has 0 spiro atoms. The number of halogens is 1. The molecule has 0 saturated heterocycles. The predicted molar refractivity (Wildman–Crippen MR) is 118 cm³/mol. The zero-order valence-electron chi connectivity index (χ0n) is 15.6. The Balaban J connectivity index is 1.66. The van der Waals surface area contributed by atoms with E-state index in [9.17, 15) is 4.79 Å². The number of benzene rings is 1. The molecule has 0 aliphatic rings. The van der Waals surface area contributed by atoms with Gasteiger partial charge in [0.05, 0.1) is 31.1 Å². The van der Waals surface area contributed by atoms with Gasteiger partial charge in [-0.1, -0.05) is 23.7 Å². The largest absolute Gasteiger partial charge is 0.465 e. The minimum absolute atomic E-state index is 0.373. The first-order chi connectivity index (χ1) is 13.4. The van der Waals surface area contributed by atoms with Crippen molar-refractivity contribution in [3.8, 4) is 0 Å². The van der Waals surface area contributed by atoms with Crippen molar-refractivity contribution >= 4 is 56.9 Å². The number of thiophene rings is 1. The number of rotatable bonds is 5. The molecule has 2 aromatic heterocycles. The van der Waals surface area contributed by atoms with Crippen molar-refractivity contribution in [2.45, 2.75) is 20.4 Å². The Kier molecular flexibility index (Phi) is 6.33. The van der Waals surface area contributed by atoms with Gasteiger partial charge in [-0.3, -0.25) is 4.68 Å². The lowest BCUT2D eigenvalue weighted by Crippen LogP contribution is -2.19. The van der Waals surface area contributed by atoms with E-state index in [1.807, 2.05) is 44.3 Å². The second kappa shape index (κ2) is 8.72. The molecule has 0 aliphatic carbocycles. The number of ether oxygens (including phenoxy) is 1. The van der Waals surface area contributed by atoms with Crippen LogP contribution in [0.2, 0.25) is 5.02 Å². The lowest BCUT2D eigenvalue weighted by Gasteiger charge is -2.09. The normalized spacial score (nSPS) is 10.6. The Bertz CT molecular complexity index is 1010. The Morgan fingerprint density at radius 1 is 1.29 bits per heavy atom. The zero-order chi connectivity index (χ0) is 20.3. The summed E-state index contributed by atoms with van der Waals surface area (Å²) in [4.78, 5) is 13.1. The van der Waals surface area contributed by atoms with Crippen LogP contribution in [0.15, 0.2) is 36.7 Å². The number of methoxy groups -OCH3 is 1. The summed E-state index contributed by atoms with van der Waals surface area (Å²) in [6.07, 6.45) is 3.55. The molecule has 2 N–H and O–H groups in total. The second-order valence-electron chi connectivity index (χ2n) is 6.11. The van der Waals surface area contributed by atoms with Gasteiger partial charge < -0.3 is 15.4 Å². The summed E-state index contributed by atoms with van der Waals surface area (Å²) in [5.41, 5.74) is 3.23. The molecular formula is C19H19ClN4O2S2. The molecule has 146 valence electrons. The van der Waals surface area contributed by atoms with Crippen molar-refractivity contribution in [1.82, 2.24) is 9.78 Å². The lowest BCUT2D eigenvalue weighted by molar-refractivity contribution is 0.0601. The molecular weight excluding hydrogens is 416 g/mol. The van der Waals surface area contributed by atoms with Crippen LogP contribution in [0.25, 0.3) is 0 Å². The third-order valence-corrected chi connectivity index (χ3v) is 5.73. The Morgan fingerprint density at radius 3 is 2.68 bits per heavy atom. The van der Waals surface area contributed by atoms with Crippen molar-refractivity contribution < 1.29 is 9.53 Å². The number of thiocarbonyl (C=S) groups is 1. The van der Waals surface area contributed by atoms with Crippen molar-refractivity contribution in [3.63, 3.8) is 0 Å². The lowest BCUT2D eigenvalue weighted by atomic mass is 10.1. The van der Waals surface area contributed by atoms with Crippen LogP contribution in [0, 0.1) is 13.8 Å². The van der Waals surface area contributed by atoms with Gasteiger partial charge in [0.25, 0.3) is 0 Å². The van der Waals surface area contributed by atoms with E-state index in [1.54, 1.807) is 10.9 Å². The topological polar surface area (TPSA) is 68.2 Å². The minimum Gasteiger partial charge on any atom is -0.465 e. The molecule has 2 heterocycles. The van der Waals surface area contributed by atoms with Gasteiger partial charge in [-0.2, -0.15) is 5.10 Å². The number of aromatic nitrogens is 2. The smallest absolute Gasteiger partial charge is 0.341 e.